The van der Waals surface area contributed by atoms with Crippen LogP contribution < -0.4 is 20.9 Å². The Morgan fingerprint density at radius 3 is 2.36 bits per heavy atom. The van der Waals surface area contributed by atoms with Crippen LogP contribution in [0.15, 0.2) is 73.1 Å². The maximum atomic E-state index is 12.5. The minimum absolute atomic E-state index is 0.156. The number of hydrogen-bond donors (Lipinski definition) is 3. The highest BCUT2D eigenvalue weighted by Crippen LogP contribution is 2.34. The number of benzene rings is 2. The Hall–Kier alpha value is -4.20. The van der Waals surface area contributed by atoms with E-state index in [0.29, 0.717) is 11.4 Å². The van der Waals surface area contributed by atoms with Gasteiger partial charge < -0.3 is 20.9 Å². The molecule has 8 nitrogen and oxygen atoms in total. The van der Waals surface area contributed by atoms with Gasteiger partial charge in [0.1, 0.15) is 0 Å². The summed E-state index contributed by atoms with van der Waals surface area (Å²) in [7, 11) is 0. The Kier molecular flexibility index (Phi) is 6.64. The van der Waals surface area contributed by atoms with Crippen LogP contribution in [0.3, 0.4) is 0 Å². The van der Waals surface area contributed by atoms with Crippen molar-refractivity contribution in [3.8, 4) is 0 Å². The van der Waals surface area contributed by atoms with Gasteiger partial charge in [-0.2, -0.15) is 0 Å². The molecule has 33 heavy (non-hydrogen) atoms. The normalized spacial score (nSPS) is 13.1. The molecule has 1 aliphatic heterocycles. The second-order valence-corrected chi connectivity index (χ2v) is 7.80. The van der Waals surface area contributed by atoms with Crippen molar-refractivity contribution in [1.29, 1.82) is 0 Å². The predicted molar refractivity (Wildman–Crippen MR) is 127 cm³/mol. The van der Waals surface area contributed by atoms with Gasteiger partial charge >= 0.3 is 11.8 Å². The topological polar surface area (TPSA) is 103 Å². The van der Waals surface area contributed by atoms with E-state index in [-0.39, 0.29) is 18.5 Å². The van der Waals surface area contributed by atoms with Crippen LogP contribution in [-0.4, -0.2) is 35.8 Å². The van der Waals surface area contributed by atoms with E-state index < -0.39 is 11.8 Å². The zero-order valence-corrected chi connectivity index (χ0v) is 18.2. The minimum Gasteiger partial charge on any atom is -0.362 e. The number of fused-ring (bicyclic) bond motifs is 1. The van der Waals surface area contributed by atoms with E-state index in [9.17, 15) is 14.4 Å². The number of nitrogens with zero attached hydrogens (tertiary/aromatic N) is 2. The van der Waals surface area contributed by atoms with E-state index in [1.165, 1.54) is 12.5 Å². The van der Waals surface area contributed by atoms with Gasteiger partial charge in [0.15, 0.2) is 0 Å². The molecule has 0 bridgehead atoms. The smallest absolute Gasteiger partial charge is 0.313 e. The lowest BCUT2D eigenvalue weighted by Crippen LogP contribution is -2.41. The van der Waals surface area contributed by atoms with Gasteiger partial charge in [0.05, 0.1) is 6.04 Å². The molecule has 8 heteroatoms. The third-order valence-corrected chi connectivity index (χ3v) is 5.49. The molecule has 0 saturated heterocycles. The highest BCUT2D eigenvalue weighted by Gasteiger charge is 2.28. The molecule has 4 rings (SSSR count). The average molecular weight is 444 g/mol. The maximum Gasteiger partial charge on any atom is 0.313 e. The second kappa shape index (κ2) is 9.95. The summed E-state index contributed by atoms with van der Waals surface area (Å²) in [6.07, 6.45) is 4.42. The van der Waals surface area contributed by atoms with E-state index in [1.807, 2.05) is 24.3 Å². The molecule has 2 heterocycles. The first-order valence-corrected chi connectivity index (χ1v) is 10.7. The van der Waals surface area contributed by atoms with Gasteiger partial charge in [0, 0.05) is 49.5 Å². The fraction of sp³-hybridized carbons (Fsp3) is 0.200. The zero-order chi connectivity index (χ0) is 23.2. The first kappa shape index (κ1) is 22.0. The molecule has 0 saturated carbocycles. The summed E-state index contributed by atoms with van der Waals surface area (Å²) in [5.41, 5.74) is 4.42. The standard InChI is InChI=1S/C25H25N5O3/c1-17(31)28-20-8-10-21(11-9-20)29-25(33)24(32)27-16-23(19-6-4-13-26-15-19)30-14-12-18-5-2-3-7-22(18)30/h2-11,13,15,23H,12,14,16H2,1H3,(H,27,32)(H,28,31)(H,29,33)/t23-/m1/s1. The maximum absolute atomic E-state index is 12.5. The van der Waals surface area contributed by atoms with Gasteiger partial charge in [0.25, 0.3) is 0 Å². The first-order valence-electron chi connectivity index (χ1n) is 10.7. The van der Waals surface area contributed by atoms with Crippen LogP contribution in [0.4, 0.5) is 17.1 Å². The summed E-state index contributed by atoms with van der Waals surface area (Å²) in [4.78, 5) is 42.6. The fourth-order valence-electron chi connectivity index (χ4n) is 3.97. The van der Waals surface area contributed by atoms with Crippen molar-refractivity contribution in [3.63, 3.8) is 0 Å². The van der Waals surface area contributed by atoms with Crippen LogP contribution in [-0.2, 0) is 20.8 Å². The number of anilines is 3. The van der Waals surface area contributed by atoms with Crippen molar-refractivity contribution < 1.29 is 14.4 Å². The summed E-state index contributed by atoms with van der Waals surface area (Å²) in [6.45, 7) is 2.49. The summed E-state index contributed by atoms with van der Waals surface area (Å²) in [5, 5.41) is 8.00. The Morgan fingerprint density at radius 2 is 1.67 bits per heavy atom. The lowest BCUT2D eigenvalue weighted by molar-refractivity contribution is -0.136. The lowest BCUT2D eigenvalue weighted by atomic mass is 10.1. The molecule has 0 unspecified atom stereocenters. The van der Waals surface area contributed by atoms with Crippen molar-refractivity contribution in [1.82, 2.24) is 10.3 Å². The van der Waals surface area contributed by atoms with Crippen molar-refractivity contribution in [3.05, 3.63) is 84.2 Å². The Balaban J connectivity index is 1.42. The van der Waals surface area contributed by atoms with Crippen molar-refractivity contribution in [2.75, 3.05) is 28.6 Å². The Labute approximate surface area is 192 Å². The number of carbonyl (C=O) groups excluding carboxylic acids is 3. The third-order valence-electron chi connectivity index (χ3n) is 5.49. The molecule has 1 aromatic heterocycles. The monoisotopic (exact) mass is 443 g/mol. The van der Waals surface area contributed by atoms with Crippen LogP contribution in [0.25, 0.3) is 0 Å². The van der Waals surface area contributed by atoms with Gasteiger partial charge in [0.2, 0.25) is 5.91 Å². The summed E-state index contributed by atoms with van der Waals surface area (Å²) in [6, 6.07) is 18.4. The summed E-state index contributed by atoms with van der Waals surface area (Å²) in [5.74, 6) is -1.66. The number of nitrogens with one attached hydrogen (secondary N) is 3. The zero-order valence-electron chi connectivity index (χ0n) is 18.2. The Bertz CT molecular complexity index is 1150. The van der Waals surface area contributed by atoms with E-state index in [4.69, 9.17) is 0 Å². The van der Waals surface area contributed by atoms with Crippen molar-refractivity contribution in [2.45, 2.75) is 19.4 Å². The fourth-order valence-corrected chi connectivity index (χ4v) is 3.97. The molecular formula is C25H25N5O3. The van der Waals surface area contributed by atoms with E-state index in [0.717, 1.165) is 24.2 Å². The molecule has 3 N–H and O–H groups in total. The van der Waals surface area contributed by atoms with E-state index >= 15 is 0 Å². The number of amides is 3. The van der Waals surface area contributed by atoms with Gasteiger partial charge in [-0.25, -0.2) is 0 Å². The Morgan fingerprint density at radius 1 is 0.939 bits per heavy atom. The second-order valence-electron chi connectivity index (χ2n) is 7.80. The number of para-hydroxylation sites is 1. The van der Waals surface area contributed by atoms with Gasteiger partial charge in [-0.05, 0) is 53.9 Å². The highest BCUT2D eigenvalue weighted by molar-refractivity contribution is 6.39. The number of pyridine rings is 1. The van der Waals surface area contributed by atoms with Crippen molar-refractivity contribution in [2.24, 2.45) is 0 Å². The van der Waals surface area contributed by atoms with Crippen LogP contribution >= 0.6 is 0 Å². The van der Waals surface area contributed by atoms with Crippen molar-refractivity contribution >= 4 is 34.8 Å². The third kappa shape index (κ3) is 5.35. The van der Waals surface area contributed by atoms with Crippen LogP contribution in [0.5, 0.6) is 0 Å². The molecular weight excluding hydrogens is 418 g/mol. The molecule has 1 atom stereocenters. The van der Waals surface area contributed by atoms with Crippen LogP contribution in [0, 0.1) is 0 Å². The molecule has 0 spiro atoms. The largest absolute Gasteiger partial charge is 0.362 e. The SMILES string of the molecule is CC(=O)Nc1ccc(NC(=O)C(=O)NC[C@H](c2cccnc2)N2CCc3ccccc32)cc1. The number of hydrogen-bond acceptors (Lipinski definition) is 5. The first-order chi connectivity index (χ1) is 16.0. The molecule has 3 amide bonds. The quantitative estimate of drug-likeness (QED) is 0.509. The average Bonchev–Trinajstić information content (AvgIpc) is 3.25. The van der Waals surface area contributed by atoms with E-state index in [2.05, 4.69) is 38.0 Å². The van der Waals surface area contributed by atoms with Gasteiger partial charge in [-0.3, -0.25) is 19.4 Å². The molecule has 2 aromatic carbocycles. The summed E-state index contributed by atoms with van der Waals surface area (Å²) < 4.78 is 0. The molecule has 3 aromatic rings. The number of aromatic nitrogens is 1. The lowest BCUT2D eigenvalue weighted by Gasteiger charge is -2.30. The predicted octanol–water partition coefficient (Wildman–Crippen LogP) is 2.90. The van der Waals surface area contributed by atoms with Crippen LogP contribution in [0.2, 0.25) is 0 Å². The minimum atomic E-state index is -0.756. The molecule has 0 fully saturated rings. The number of carbonyl (C=O) groups is 3. The highest BCUT2D eigenvalue weighted by atomic mass is 16.2. The van der Waals surface area contributed by atoms with E-state index in [1.54, 1.807) is 36.7 Å². The molecule has 168 valence electrons. The molecule has 1 aliphatic rings. The van der Waals surface area contributed by atoms with Gasteiger partial charge in [-0.1, -0.05) is 24.3 Å². The molecule has 0 aliphatic carbocycles. The molecule has 0 radical (unpaired) electrons. The summed E-state index contributed by atoms with van der Waals surface area (Å²) >= 11 is 0. The van der Waals surface area contributed by atoms with Gasteiger partial charge in [-0.15, -0.1) is 0 Å². The van der Waals surface area contributed by atoms with Crippen LogP contribution in [0.1, 0.15) is 24.1 Å². The number of rotatable bonds is 6.